The molecule has 19 heavy (non-hydrogen) atoms. The summed E-state index contributed by atoms with van der Waals surface area (Å²) in [5.74, 6) is -1.46. The summed E-state index contributed by atoms with van der Waals surface area (Å²) in [5, 5.41) is 44.5. The van der Waals surface area contributed by atoms with Crippen molar-refractivity contribution in [3.8, 4) is 0 Å². The standard InChI is InChI=1S/C6H14N2O6.H3O4P/c7-5(13)6(8,14)4(12)3(11)2(10)1-9;1-5(2,3)4/h2-4,9-12,14H,1,8H2,(H2,7,13);(H3,1,2,3,4)/t2?,3?,4?,6-;/m1./s1. The molecule has 0 aromatic heterocycles. The van der Waals surface area contributed by atoms with E-state index in [1.54, 1.807) is 0 Å². The minimum atomic E-state index is -4.64. The van der Waals surface area contributed by atoms with Gasteiger partial charge in [-0.25, -0.2) is 4.57 Å². The van der Waals surface area contributed by atoms with Crippen LogP contribution in [-0.4, -0.2) is 76.8 Å². The Morgan fingerprint density at radius 3 is 1.74 bits per heavy atom. The van der Waals surface area contributed by atoms with Crippen molar-refractivity contribution < 1.29 is 49.6 Å². The maximum absolute atomic E-state index is 10.5. The van der Waals surface area contributed by atoms with Crippen LogP contribution < -0.4 is 11.5 Å². The van der Waals surface area contributed by atoms with Crippen LogP contribution in [0.15, 0.2) is 0 Å². The molecule has 116 valence electrons. The summed E-state index contributed by atoms with van der Waals surface area (Å²) in [6.45, 7) is -0.868. The normalized spacial score (nSPS) is 19.4. The first-order valence-corrected chi connectivity index (χ1v) is 6.06. The summed E-state index contributed by atoms with van der Waals surface area (Å²) in [7, 11) is -4.64. The Hall–Kier alpha value is -0.660. The van der Waals surface area contributed by atoms with E-state index in [1.807, 2.05) is 0 Å². The summed E-state index contributed by atoms with van der Waals surface area (Å²) in [6.07, 6.45) is -5.91. The van der Waals surface area contributed by atoms with Gasteiger partial charge in [0.05, 0.1) is 6.61 Å². The van der Waals surface area contributed by atoms with Crippen molar-refractivity contribution in [1.82, 2.24) is 0 Å². The number of amides is 1. The van der Waals surface area contributed by atoms with E-state index in [9.17, 15) is 4.79 Å². The molecule has 0 rings (SSSR count). The molecule has 0 spiro atoms. The van der Waals surface area contributed by atoms with E-state index in [0.29, 0.717) is 0 Å². The fraction of sp³-hybridized carbons (Fsp3) is 0.833. The van der Waals surface area contributed by atoms with Gasteiger partial charge in [0, 0.05) is 0 Å². The Balaban J connectivity index is 0. The zero-order valence-corrected chi connectivity index (χ0v) is 10.3. The molecule has 0 aliphatic rings. The lowest BCUT2D eigenvalue weighted by atomic mass is 9.98. The first-order valence-electron chi connectivity index (χ1n) is 4.49. The van der Waals surface area contributed by atoms with Crippen LogP contribution in [0.5, 0.6) is 0 Å². The molecule has 0 aliphatic heterocycles. The number of carbonyl (C=O) groups excluding carboxylic acids is 1. The van der Waals surface area contributed by atoms with E-state index in [1.165, 1.54) is 0 Å². The summed E-state index contributed by atoms with van der Waals surface area (Å²) in [5.41, 5.74) is 6.63. The van der Waals surface area contributed by atoms with Crippen molar-refractivity contribution >= 4 is 13.7 Å². The molecule has 0 aromatic carbocycles. The van der Waals surface area contributed by atoms with Gasteiger partial charge in [-0.3, -0.25) is 10.5 Å². The van der Waals surface area contributed by atoms with Crippen molar-refractivity contribution in [3.05, 3.63) is 0 Å². The van der Waals surface area contributed by atoms with Gasteiger partial charge in [-0.15, -0.1) is 0 Å². The van der Waals surface area contributed by atoms with Gasteiger partial charge in [0.2, 0.25) is 5.72 Å². The quantitative estimate of drug-likeness (QED) is 0.169. The molecular formula is C6H17N2O10P. The highest BCUT2D eigenvalue weighted by Crippen LogP contribution is 2.25. The Kier molecular flexibility index (Phi) is 8.49. The highest BCUT2D eigenvalue weighted by Gasteiger charge is 2.44. The average Bonchev–Trinajstić information content (AvgIpc) is 2.23. The van der Waals surface area contributed by atoms with E-state index in [4.69, 9.17) is 50.5 Å². The third-order valence-electron chi connectivity index (χ3n) is 1.75. The van der Waals surface area contributed by atoms with Crippen LogP contribution in [0.25, 0.3) is 0 Å². The number of aliphatic hydroxyl groups excluding tert-OH is 4. The number of aliphatic hydroxyl groups is 5. The zero-order valence-electron chi connectivity index (χ0n) is 9.44. The first-order chi connectivity index (χ1) is 8.25. The van der Waals surface area contributed by atoms with Crippen LogP contribution in [0.1, 0.15) is 0 Å². The number of primary amides is 1. The van der Waals surface area contributed by atoms with Crippen molar-refractivity contribution in [2.45, 2.75) is 24.0 Å². The van der Waals surface area contributed by atoms with E-state index in [0.717, 1.165) is 0 Å². The van der Waals surface area contributed by atoms with Gasteiger partial charge in [-0.2, -0.15) is 0 Å². The smallest absolute Gasteiger partial charge is 0.394 e. The van der Waals surface area contributed by atoms with E-state index in [-0.39, 0.29) is 0 Å². The molecule has 12 N–H and O–H groups in total. The fourth-order valence-electron chi connectivity index (χ4n) is 0.725. The van der Waals surface area contributed by atoms with Crippen LogP contribution in [-0.2, 0) is 9.36 Å². The van der Waals surface area contributed by atoms with Gasteiger partial charge >= 0.3 is 7.82 Å². The summed E-state index contributed by atoms with van der Waals surface area (Å²) in [4.78, 5) is 32.1. The molecule has 0 saturated carbocycles. The Morgan fingerprint density at radius 2 is 1.53 bits per heavy atom. The van der Waals surface area contributed by atoms with E-state index < -0.39 is 44.4 Å². The maximum atomic E-state index is 10.5. The molecule has 3 unspecified atom stereocenters. The maximum Gasteiger partial charge on any atom is 0.466 e. The number of hydrogen-bond donors (Lipinski definition) is 10. The number of hydrogen-bond acceptors (Lipinski definition) is 8. The second kappa shape index (κ2) is 7.81. The van der Waals surface area contributed by atoms with Crippen LogP contribution in [0.4, 0.5) is 0 Å². The van der Waals surface area contributed by atoms with Gasteiger partial charge in [-0.05, 0) is 0 Å². The lowest BCUT2D eigenvalue weighted by Gasteiger charge is -2.30. The Bertz CT molecular complexity index is 322. The van der Waals surface area contributed by atoms with Gasteiger partial charge in [0.15, 0.2) is 0 Å². The molecule has 4 atom stereocenters. The molecule has 0 aromatic rings. The number of carbonyl (C=O) groups is 1. The minimum Gasteiger partial charge on any atom is -0.394 e. The molecule has 12 nitrogen and oxygen atoms in total. The lowest BCUT2D eigenvalue weighted by Crippen LogP contribution is -2.65. The number of rotatable bonds is 5. The average molecular weight is 308 g/mol. The van der Waals surface area contributed by atoms with Crippen LogP contribution in [0.3, 0.4) is 0 Å². The zero-order chi connectivity index (χ0) is 16.0. The molecule has 0 radical (unpaired) electrons. The monoisotopic (exact) mass is 308 g/mol. The molecule has 0 saturated heterocycles. The lowest BCUT2D eigenvalue weighted by molar-refractivity contribution is -0.172. The third kappa shape index (κ3) is 8.96. The number of phosphoric acid groups is 1. The Morgan fingerprint density at radius 1 is 1.21 bits per heavy atom. The first kappa shape index (κ1) is 20.7. The number of nitrogens with two attached hydrogens (primary N) is 2. The SMILES string of the molecule is NC(=O)[C@](N)(O)C(O)C(O)C(O)CO.O=P(O)(O)O. The highest BCUT2D eigenvalue weighted by molar-refractivity contribution is 7.45. The van der Waals surface area contributed by atoms with Crippen molar-refractivity contribution in [3.63, 3.8) is 0 Å². The second-order valence-corrected chi connectivity index (χ2v) is 4.41. The van der Waals surface area contributed by atoms with Gasteiger partial charge in [0.1, 0.15) is 18.3 Å². The third-order valence-corrected chi connectivity index (χ3v) is 1.75. The molecule has 0 fully saturated rings. The Labute approximate surface area is 106 Å². The molecule has 0 heterocycles. The van der Waals surface area contributed by atoms with Crippen molar-refractivity contribution in [1.29, 1.82) is 0 Å². The van der Waals surface area contributed by atoms with Crippen molar-refractivity contribution in [2.24, 2.45) is 11.5 Å². The minimum absolute atomic E-state index is 0.868. The van der Waals surface area contributed by atoms with E-state index >= 15 is 0 Å². The predicted octanol–water partition coefficient (Wildman–Crippen LogP) is -5.73. The summed E-state index contributed by atoms with van der Waals surface area (Å²) in [6, 6.07) is 0. The van der Waals surface area contributed by atoms with Gasteiger partial charge in [-0.1, -0.05) is 0 Å². The van der Waals surface area contributed by atoms with Gasteiger partial charge in [0.25, 0.3) is 5.91 Å². The van der Waals surface area contributed by atoms with Crippen LogP contribution in [0.2, 0.25) is 0 Å². The fourth-order valence-corrected chi connectivity index (χ4v) is 0.725. The predicted molar refractivity (Wildman–Crippen MR) is 57.7 cm³/mol. The van der Waals surface area contributed by atoms with Crippen LogP contribution >= 0.6 is 7.82 Å². The second-order valence-electron chi connectivity index (χ2n) is 3.39. The topological polar surface area (TPSA) is 248 Å². The van der Waals surface area contributed by atoms with E-state index in [2.05, 4.69) is 5.73 Å². The summed E-state index contributed by atoms with van der Waals surface area (Å²) < 4.78 is 8.88. The molecule has 0 aliphatic carbocycles. The molecule has 13 heteroatoms. The molecular weight excluding hydrogens is 291 g/mol. The molecule has 1 amide bonds. The summed E-state index contributed by atoms with van der Waals surface area (Å²) >= 11 is 0. The largest absolute Gasteiger partial charge is 0.466 e. The van der Waals surface area contributed by atoms with Crippen LogP contribution in [0, 0.1) is 0 Å². The van der Waals surface area contributed by atoms with Gasteiger partial charge < -0.3 is 45.9 Å². The van der Waals surface area contributed by atoms with Crippen molar-refractivity contribution in [2.75, 3.05) is 6.61 Å². The highest BCUT2D eigenvalue weighted by atomic mass is 31.2. The molecule has 0 bridgehead atoms.